The van der Waals surface area contributed by atoms with Gasteiger partial charge in [0.15, 0.2) is 0 Å². The zero-order chi connectivity index (χ0) is 18.0. The lowest BCUT2D eigenvalue weighted by atomic mass is 9.79. The van der Waals surface area contributed by atoms with Gasteiger partial charge in [0.25, 0.3) is 0 Å². The molecule has 3 aromatic rings. The third-order valence-corrected chi connectivity index (χ3v) is 5.24. The molecule has 0 fully saturated rings. The summed E-state index contributed by atoms with van der Waals surface area (Å²) in [5.74, 6) is -0.0562. The number of imidazole rings is 1. The molecule has 1 aliphatic carbocycles. The Morgan fingerprint density at radius 3 is 2.92 bits per heavy atom. The average molecular weight is 349 g/mol. The van der Waals surface area contributed by atoms with Crippen LogP contribution >= 0.6 is 0 Å². The Labute approximate surface area is 152 Å². The van der Waals surface area contributed by atoms with E-state index >= 15 is 0 Å². The topological polar surface area (TPSA) is 67.2 Å². The number of nitrogens with one attached hydrogen (secondary N) is 1. The number of hydrogen-bond acceptors (Lipinski definition) is 3. The van der Waals surface area contributed by atoms with Crippen LogP contribution in [0.2, 0.25) is 0 Å². The lowest BCUT2D eigenvalue weighted by Crippen LogP contribution is -2.43. The minimum Gasteiger partial charge on any atom is -0.383 e. The van der Waals surface area contributed by atoms with E-state index in [-0.39, 0.29) is 12.5 Å². The van der Waals surface area contributed by atoms with Gasteiger partial charge in [0.05, 0.1) is 23.9 Å². The van der Waals surface area contributed by atoms with E-state index in [0.29, 0.717) is 19.4 Å². The minimum atomic E-state index is -0.966. The van der Waals surface area contributed by atoms with Gasteiger partial charge >= 0.3 is 0 Å². The number of rotatable bonds is 5. The molecule has 1 unspecified atom stereocenters. The lowest BCUT2D eigenvalue weighted by Gasteiger charge is -2.34. The molecular formula is C21H23N3O2. The van der Waals surface area contributed by atoms with Gasteiger partial charge in [-0.2, -0.15) is 0 Å². The quantitative estimate of drug-likeness (QED) is 0.744. The summed E-state index contributed by atoms with van der Waals surface area (Å²) in [6.45, 7) is 0.828. The van der Waals surface area contributed by atoms with Gasteiger partial charge in [-0.25, -0.2) is 4.98 Å². The summed E-state index contributed by atoms with van der Waals surface area (Å²) < 4.78 is 1.99. The van der Waals surface area contributed by atoms with Crippen LogP contribution in [-0.4, -0.2) is 27.1 Å². The van der Waals surface area contributed by atoms with Gasteiger partial charge in [-0.1, -0.05) is 36.4 Å². The predicted molar refractivity (Wildman–Crippen MR) is 101 cm³/mol. The molecule has 1 aliphatic rings. The second kappa shape index (κ2) is 6.92. The van der Waals surface area contributed by atoms with Crippen molar-refractivity contribution in [2.45, 2.75) is 37.8 Å². The molecule has 0 aliphatic heterocycles. The van der Waals surface area contributed by atoms with Crippen molar-refractivity contribution in [3.05, 3.63) is 66.0 Å². The van der Waals surface area contributed by atoms with E-state index in [2.05, 4.69) is 16.4 Å². The van der Waals surface area contributed by atoms with Crippen molar-refractivity contribution < 1.29 is 9.90 Å². The number of aliphatic hydroxyl groups is 1. The Morgan fingerprint density at radius 2 is 2.00 bits per heavy atom. The number of aryl methyl sites for hydroxylation is 2. The standard InChI is InChI=1S/C21H23N3O2/c25-20(11-13-24-15-23-18-9-3-4-10-19(18)24)22-14-21(26)12-5-7-16-6-1-2-8-17(16)21/h1-4,6,8-10,15,26H,5,7,11-14H2,(H,22,25). The first-order valence-electron chi connectivity index (χ1n) is 9.13. The summed E-state index contributed by atoms with van der Waals surface area (Å²) in [4.78, 5) is 16.7. The molecule has 1 heterocycles. The van der Waals surface area contributed by atoms with Gasteiger partial charge < -0.3 is 15.0 Å². The smallest absolute Gasteiger partial charge is 0.221 e. The van der Waals surface area contributed by atoms with E-state index in [9.17, 15) is 9.90 Å². The maximum absolute atomic E-state index is 12.3. The van der Waals surface area contributed by atoms with E-state index in [1.54, 1.807) is 6.33 Å². The van der Waals surface area contributed by atoms with Crippen molar-refractivity contribution in [1.82, 2.24) is 14.9 Å². The highest BCUT2D eigenvalue weighted by Gasteiger charge is 2.34. The molecule has 1 aromatic heterocycles. The Hall–Kier alpha value is -2.66. The molecule has 1 atom stereocenters. The molecule has 0 radical (unpaired) electrons. The molecular weight excluding hydrogens is 326 g/mol. The Morgan fingerprint density at radius 1 is 1.19 bits per heavy atom. The van der Waals surface area contributed by atoms with Crippen LogP contribution in [0.15, 0.2) is 54.9 Å². The van der Waals surface area contributed by atoms with E-state index in [1.165, 1.54) is 5.56 Å². The zero-order valence-corrected chi connectivity index (χ0v) is 14.7. The van der Waals surface area contributed by atoms with Gasteiger partial charge in [-0.15, -0.1) is 0 Å². The first-order valence-corrected chi connectivity index (χ1v) is 9.13. The number of nitrogens with zero attached hydrogens (tertiary/aromatic N) is 2. The van der Waals surface area contributed by atoms with Crippen LogP contribution < -0.4 is 5.32 Å². The molecule has 5 heteroatoms. The van der Waals surface area contributed by atoms with Crippen molar-refractivity contribution >= 4 is 16.9 Å². The third-order valence-electron chi connectivity index (χ3n) is 5.24. The fourth-order valence-electron chi connectivity index (χ4n) is 3.83. The normalized spacial score (nSPS) is 19.3. The number of carbonyl (C=O) groups excluding carboxylic acids is 1. The van der Waals surface area contributed by atoms with E-state index in [4.69, 9.17) is 0 Å². The van der Waals surface area contributed by atoms with Crippen LogP contribution in [0.25, 0.3) is 11.0 Å². The number of carbonyl (C=O) groups is 1. The average Bonchev–Trinajstić information content (AvgIpc) is 3.08. The second-order valence-electron chi connectivity index (χ2n) is 7.00. The Balaban J connectivity index is 1.37. The molecule has 2 N–H and O–H groups in total. The fourth-order valence-corrected chi connectivity index (χ4v) is 3.83. The van der Waals surface area contributed by atoms with Gasteiger partial charge in [-0.05, 0) is 42.5 Å². The van der Waals surface area contributed by atoms with Crippen molar-refractivity contribution in [3.8, 4) is 0 Å². The largest absolute Gasteiger partial charge is 0.383 e. The van der Waals surface area contributed by atoms with Gasteiger partial charge in [-0.3, -0.25) is 4.79 Å². The Bertz CT molecular complexity index is 934. The summed E-state index contributed by atoms with van der Waals surface area (Å²) in [5, 5.41) is 14.0. The van der Waals surface area contributed by atoms with Gasteiger partial charge in [0.1, 0.15) is 5.60 Å². The summed E-state index contributed by atoms with van der Waals surface area (Å²) >= 11 is 0. The van der Waals surface area contributed by atoms with Gasteiger partial charge in [0.2, 0.25) is 5.91 Å². The van der Waals surface area contributed by atoms with Crippen LogP contribution in [0.5, 0.6) is 0 Å². The number of amides is 1. The van der Waals surface area contributed by atoms with Crippen LogP contribution in [0.1, 0.15) is 30.4 Å². The molecule has 0 saturated carbocycles. The molecule has 0 saturated heterocycles. The molecule has 134 valence electrons. The number of benzene rings is 2. The first-order chi connectivity index (χ1) is 12.7. The summed E-state index contributed by atoms with van der Waals surface area (Å²) in [7, 11) is 0. The van der Waals surface area contributed by atoms with E-state index in [1.807, 2.05) is 47.0 Å². The van der Waals surface area contributed by atoms with Crippen molar-refractivity contribution in [2.24, 2.45) is 0 Å². The molecule has 0 bridgehead atoms. The molecule has 1 amide bonds. The highest BCUT2D eigenvalue weighted by molar-refractivity contribution is 5.77. The predicted octanol–water partition coefficient (Wildman–Crippen LogP) is 2.77. The van der Waals surface area contributed by atoms with Crippen LogP contribution in [-0.2, 0) is 23.4 Å². The third kappa shape index (κ3) is 3.22. The van der Waals surface area contributed by atoms with Gasteiger partial charge in [0, 0.05) is 13.0 Å². The van der Waals surface area contributed by atoms with Crippen molar-refractivity contribution in [3.63, 3.8) is 0 Å². The number of para-hydroxylation sites is 2. The fraction of sp³-hybridized carbons (Fsp3) is 0.333. The van der Waals surface area contributed by atoms with Crippen LogP contribution in [0, 0.1) is 0 Å². The maximum atomic E-state index is 12.3. The summed E-state index contributed by atoms with van der Waals surface area (Å²) in [6.07, 6.45) is 4.72. The molecule has 0 spiro atoms. The Kier molecular flexibility index (Phi) is 4.47. The maximum Gasteiger partial charge on any atom is 0.221 e. The summed E-state index contributed by atoms with van der Waals surface area (Å²) in [6, 6.07) is 15.9. The molecule has 26 heavy (non-hydrogen) atoms. The highest BCUT2D eigenvalue weighted by atomic mass is 16.3. The monoisotopic (exact) mass is 349 g/mol. The number of fused-ring (bicyclic) bond motifs is 2. The second-order valence-corrected chi connectivity index (χ2v) is 7.00. The number of hydrogen-bond donors (Lipinski definition) is 2. The number of aromatic nitrogens is 2. The van der Waals surface area contributed by atoms with Crippen molar-refractivity contribution in [2.75, 3.05) is 6.54 Å². The van der Waals surface area contributed by atoms with E-state index < -0.39 is 5.60 Å². The molecule has 2 aromatic carbocycles. The zero-order valence-electron chi connectivity index (χ0n) is 14.7. The molecule has 5 nitrogen and oxygen atoms in total. The SMILES string of the molecule is O=C(CCn1cnc2ccccc21)NCC1(O)CCCc2ccccc21. The molecule has 4 rings (SSSR count). The highest BCUT2D eigenvalue weighted by Crippen LogP contribution is 2.34. The van der Waals surface area contributed by atoms with Crippen LogP contribution in [0.3, 0.4) is 0 Å². The van der Waals surface area contributed by atoms with E-state index in [0.717, 1.165) is 29.4 Å². The lowest BCUT2D eigenvalue weighted by molar-refractivity contribution is -0.122. The first kappa shape index (κ1) is 16.8. The van der Waals surface area contributed by atoms with Crippen molar-refractivity contribution in [1.29, 1.82) is 0 Å². The van der Waals surface area contributed by atoms with Crippen LogP contribution in [0.4, 0.5) is 0 Å². The minimum absolute atomic E-state index is 0.0562. The summed E-state index contributed by atoms with van der Waals surface area (Å²) in [5.41, 5.74) is 3.13.